The van der Waals surface area contributed by atoms with E-state index in [9.17, 15) is 4.79 Å². The number of nitrogens with zero attached hydrogens (tertiary/aromatic N) is 1. The van der Waals surface area contributed by atoms with E-state index >= 15 is 0 Å². The van der Waals surface area contributed by atoms with Crippen LogP contribution in [-0.4, -0.2) is 37.0 Å². The van der Waals surface area contributed by atoms with Gasteiger partial charge in [-0.1, -0.05) is 6.92 Å². The van der Waals surface area contributed by atoms with Gasteiger partial charge in [-0.3, -0.25) is 4.79 Å². The van der Waals surface area contributed by atoms with Gasteiger partial charge in [-0.2, -0.15) is 0 Å². The highest BCUT2D eigenvalue weighted by Gasteiger charge is 2.21. The number of thiophene rings is 1. The van der Waals surface area contributed by atoms with Crippen LogP contribution in [0.4, 0.5) is 0 Å². The van der Waals surface area contributed by atoms with E-state index in [1.165, 1.54) is 17.7 Å². The summed E-state index contributed by atoms with van der Waals surface area (Å²) in [4.78, 5) is 16.7. The van der Waals surface area contributed by atoms with E-state index in [2.05, 4.69) is 25.2 Å². The van der Waals surface area contributed by atoms with Crippen molar-refractivity contribution in [3.8, 4) is 0 Å². The number of carbonyl (C=O) groups excluding carboxylic acids is 1. The molecule has 1 aliphatic rings. The third-order valence-electron chi connectivity index (χ3n) is 3.83. The highest BCUT2D eigenvalue weighted by Crippen LogP contribution is 2.20. The van der Waals surface area contributed by atoms with Crippen LogP contribution >= 0.6 is 11.3 Å². The molecule has 0 atom stereocenters. The molecule has 0 spiro atoms. The van der Waals surface area contributed by atoms with Gasteiger partial charge in [0.25, 0.3) is 5.91 Å². The van der Waals surface area contributed by atoms with E-state index in [4.69, 9.17) is 0 Å². The van der Waals surface area contributed by atoms with Crippen LogP contribution in [0.3, 0.4) is 0 Å². The van der Waals surface area contributed by atoms with Gasteiger partial charge < -0.3 is 10.2 Å². The Bertz CT molecular complexity index is 410. The zero-order valence-corrected chi connectivity index (χ0v) is 12.8. The molecule has 4 heteroatoms. The van der Waals surface area contributed by atoms with Gasteiger partial charge in [0.1, 0.15) is 0 Å². The maximum absolute atomic E-state index is 12.5. The van der Waals surface area contributed by atoms with Crippen molar-refractivity contribution in [2.75, 3.05) is 26.2 Å². The van der Waals surface area contributed by atoms with Gasteiger partial charge in [-0.15, -0.1) is 11.3 Å². The summed E-state index contributed by atoms with van der Waals surface area (Å²) in [6, 6.07) is 4.06. The fraction of sp³-hybridized carbons (Fsp3) is 0.667. The molecule has 1 amide bonds. The molecule has 1 aromatic rings. The Kier molecular flexibility index (Phi) is 5.40. The number of aryl methyl sites for hydroxylation is 1. The Balaban J connectivity index is 1.97. The second-order valence-electron chi connectivity index (χ2n) is 5.16. The molecule has 0 unspecified atom stereocenters. The lowest BCUT2D eigenvalue weighted by atomic mass is 9.97. The van der Waals surface area contributed by atoms with E-state index < -0.39 is 0 Å². The Morgan fingerprint density at radius 3 is 2.68 bits per heavy atom. The molecule has 106 valence electrons. The minimum absolute atomic E-state index is 0.214. The fourth-order valence-electron chi connectivity index (χ4n) is 2.57. The topological polar surface area (TPSA) is 32.3 Å². The molecule has 2 heterocycles. The Labute approximate surface area is 120 Å². The van der Waals surface area contributed by atoms with Crippen molar-refractivity contribution >= 4 is 17.2 Å². The molecule has 0 saturated carbocycles. The molecule has 2 rings (SSSR count). The lowest BCUT2D eigenvalue weighted by Crippen LogP contribution is -2.39. The minimum Gasteiger partial charge on any atom is -0.338 e. The molecule has 0 aliphatic carbocycles. The smallest absolute Gasteiger partial charge is 0.263 e. The summed E-state index contributed by atoms with van der Waals surface area (Å²) in [6.45, 7) is 8.11. The van der Waals surface area contributed by atoms with Crippen LogP contribution in [0, 0.1) is 5.92 Å². The molecule has 0 radical (unpaired) electrons. The summed E-state index contributed by atoms with van der Waals surface area (Å²) in [5.74, 6) is 0.876. The standard InChI is InChI=1S/C15H24N2OS/c1-3-13-5-6-14(19-13)15(18)17(4-2)11-12-7-9-16-10-8-12/h5-6,12,16H,3-4,7-11H2,1-2H3. The largest absolute Gasteiger partial charge is 0.338 e. The van der Waals surface area contributed by atoms with Crippen LogP contribution in [0.15, 0.2) is 12.1 Å². The highest BCUT2D eigenvalue weighted by molar-refractivity contribution is 7.14. The number of nitrogens with one attached hydrogen (secondary N) is 1. The molecule has 0 bridgehead atoms. The Morgan fingerprint density at radius 2 is 2.11 bits per heavy atom. The van der Waals surface area contributed by atoms with Crippen molar-refractivity contribution in [3.05, 3.63) is 21.9 Å². The summed E-state index contributed by atoms with van der Waals surface area (Å²) in [7, 11) is 0. The summed E-state index contributed by atoms with van der Waals surface area (Å²) < 4.78 is 0. The SMILES string of the molecule is CCc1ccc(C(=O)N(CC)CC2CCNCC2)s1. The predicted molar refractivity (Wildman–Crippen MR) is 80.9 cm³/mol. The first-order valence-corrected chi connectivity index (χ1v) is 8.15. The Morgan fingerprint density at radius 1 is 1.37 bits per heavy atom. The number of hydrogen-bond donors (Lipinski definition) is 1. The zero-order chi connectivity index (χ0) is 13.7. The molecule has 0 aromatic carbocycles. The average Bonchev–Trinajstić information content (AvgIpc) is 2.94. The first-order valence-electron chi connectivity index (χ1n) is 7.33. The van der Waals surface area contributed by atoms with E-state index in [0.29, 0.717) is 5.92 Å². The maximum Gasteiger partial charge on any atom is 0.263 e. The van der Waals surface area contributed by atoms with Crippen molar-refractivity contribution in [2.45, 2.75) is 33.1 Å². The van der Waals surface area contributed by atoms with E-state index in [1.807, 2.05) is 11.0 Å². The predicted octanol–water partition coefficient (Wildman–Crippen LogP) is 2.77. The van der Waals surface area contributed by atoms with Gasteiger partial charge in [0, 0.05) is 18.0 Å². The maximum atomic E-state index is 12.5. The molecule has 1 saturated heterocycles. The van der Waals surface area contributed by atoms with Crippen LogP contribution in [0.2, 0.25) is 0 Å². The number of piperidine rings is 1. The number of hydrogen-bond acceptors (Lipinski definition) is 3. The van der Waals surface area contributed by atoms with E-state index in [-0.39, 0.29) is 5.91 Å². The number of rotatable bonds is 5. The first-order chi connectivity index (χ1) is 9.24. The zero-order valence-electron chi connectivity index (χ0n) is 11.9. The normalized spacial score (nSPS) is 16.5. The van der Waals surface area contributed by atoms with Crippen molar-refractivity contribution in [1.82, 2.24) is 10.2 Å². The second-order valence-corrected chi connectivity index (χ2v) is 6.33. The van der Waals surface area contributed by atoms with Crippen molar-refractivity contribution in [2.24, 2.45) is 5.92 Å². The summed E-state index contributed by atoms with van der Waals surface area (Å²) in [5.41, 5.74) is 0. The fourth-order valence-corrected chi connectivity index (χ4v) is 3.49. The molecule has 1 N–H and O–H groups in total. The molecule has 19 heavy (non-hydrogen) atoms. The van der Waals surface area contributed by atoms with Gasteiger partial charge in [-0.05, 0) is 57.3 Å². The van der Waals surface area contributed by atoms with Gasteiger partial charge >= 0.3 is 0 Å². The summed E-state index contributed by atoms with van der Waals surface area (Å²) >= 11 is 1.64. The second kappa shape index (κ2) is 7.06. The van der Waals surface area contributed by atoms with Crippen LogP contribution in [0.5, 0.6) is 0 Å². The van der Waals surface area contributed by atoms with Crippen LogP contribution < -0.4 is 5.32 Å². The van der Waals surface area contributed by atoms with Crippen LogP contribution in [-0.2, 0) is 6.42 Å². The van der Waals surface area contributed by atoms with E-state index in [1.54, 1.807) is 11.3 Å². The minimum atomic E-state index is 0.214. The van der Waals surface area contributed by atoms with Crippen molar-refractivity contribution < 1.29 is 4.79 Å². The third-order valence-corrected chi connectivity index (χ3v) is 5.04. The van der Waals surface area contributed by atoms with E-state index in [0.717, 1.165) is 37.5 Å². The van der Waals surface area contributed by atoms with Crippen LogP contribution in [0.25, 0.3) is 0 Å². The van der Waals surface area contributed by atoms with Crippen LogP contribution in [0.1, 0.15) is 41.2 Å². The Hall–Kier alpha value is -0.870. The van der Waals surface area contributed by atoms with Crippen molar-refractivity contribution in [1.29, 1.82) is 0 Å². The van der Waals surface area contributed by atoms with Gasteiger partial charge in [0.2, 0.25) is 0 Å². The number of carbonyl (C=O) groups is 1. The van der Waals surface area contributed by atoms with Gasteiger partial charge in [0.15, 0.2) is 0 Å². The first kappa shape index (κ1) is 14.5. The summed E-state index contributed by atoms with van der Waals surface area (Å²) in [6.07, 6.45) is 3.39. The van der Waals surface area contributed by atoms with Crippen molar-refractivity contribution in [3.63, 3.8) is 0 Å². The highest BCUT2D eigenvalue weighted by atomic mass is 32.1. The van der Waals surface area contributed by atoms with Gasteiger partial charge in [0.05, 0.1) is 4.88 Å². The molecule has 1 aliphatic heterocycles. The molecular formula is C15H24N2OS. The molecule has 3 nitrogen and oxygen atoms in total. The lowest BCUT2D eigenvalue weighted by Gasteiger charge is -2.29. The van der Waals surface area contributed by atoms with Gasteiger partial charge in [-0.25, -0.2) is 0 Å². The molecule has 1 fully saturated rings. The quantitative estimate of drug-likeness (QED) is 0.899. The summed E-state index contributed by atoms with van der Waals surface area (Å²) in [5, 5.41) is 3.38. The monoisotopic (exact) mass is 280 g/mol. The lowest BCUT2D eigenvalue weighted by molar-refractivity contribution is 0.0731. The molecular weight excluding hydrogens is 256 g/mol. The molecule has 1 aromatic heterocycles. The number of amides is 1. The average molecular weight is 280 g/mol. The third kappa shape index (κ3) is 3.80.